The van der Waals surface area contributed by atoms with Crippen molar-refractivity contribution in [3.05, 3.63) is 12.2 Å². The van der Waals surface area contributed by atoms with Gasteiger partial charge in [0.25, 0.3) is 5.91 Å². The highest BCUT2D eigenvalue weighted by Crippen LogP contribution is 2.03. The van der Waals surface area contributed by atoms with E-state index in [0.717, 1.165) is 0 Å². The van der Waals surface area contributed by atoms with Gasteiger partial charge in [-0.25, -0.2) is 4.98 Å². The monoisotopic (exact) mass is 226 g/mol. The van der Waals surface area contributed by atoms with Crippen LogP contribution in [-0.2, 0) is 4.74 Å². The van der Waals surface area contributed by atoms with Gasteiger partial charge in [-0.3, -0.25) is 9.89 Å². The largest absolute Gasteiger partial charge is 0.383 e. The lowest BCUT2D eigenvalue weighted by Gasteiger charge is -2.23. The van der Waals surface area contributed by atoms with Crippen molar-refractivity contribution in [2.45, 2.75) is 13.8 Å². The van der Waals surface area contributed by atoms with Crippen molar-refractivity contribution in [2.75, 3.05) is 26.8 Å². The van der Waals surface area contributed by atoms with E-state index in [4.69, 9.17) is 4.74 Å². The summed E-state index contributed by atoms with van der Waals surface area (Å²) >= 11 is 0. The van der Waals surface area contributed by atoms with Crippen molar-refractivity contribution in [3.8, 4) is 0 Å². The van der Waals surface area contributed by atoms with Gasteiger partial charge in [-0.15, -0.1) is 0 Å². The molecular weight excluding hydrogens is 208 g/mol. The highest BCUT2D eigenvalue weighted by Gasteiger charge is 2.18. The maximum absolute atomic E-state index is 12.0. The fraction of sp³-hybridized carbons (Fsp3) is 0.700. The standard InChI is InChI=1S/C10H18N4O2/c1-8(2)6-14(4-5-16-3)10(15)9-11-7-12-13-9/h7-8H,4-6H2,1-3H3,(H,11,12,13). The number of methoxy groups -OCH3 is 1. The van der Waals surface area contributed by atoms with E-state index in [0.29, 0.717) is 25.6 Å². The van der Waals surface area contributed by atoms with E-state index in [9.17, 15) is 4.79 Å². The number of aromatic nitrogens is 3. The third-order valence-corrected chi connectivity index (χ3v) is 2.06. The smallest absolute Gasteiger partial charge is 0.291 e. The molecule has 0 aromatic carbocycles. The summed E-state index contributed by atoms with van der Waals surface area (Å²) in [5, 5.41) is 6.24. The Morgan fingerprint density at radius 2 is 2.38 bits per heavy atom. The van der Waals surface area contributed by atoms with E-state index in [2.05, 4.69) is 29.0 Å². The predicted octanol–water partition coefficient (Wildman–Crippen LogP) is 0.549. The molecule has 1 heterocycles. The van der Waals surface area contributed by atoms with Crippen LogP contribution in [0.15, 0.2) is 6.33 Å². The number of H-pyrrole nitrogens is 1. The number of carbonyl (C=O) groups excluding carboxylic acids is 1. The van der Waals surface area contributed by atoms with Crippen LogP contribution in [-0.4, -0.2) is 52.8 Å². The molecule has 0 aliphatic carbocycles. The lowest BCUT2D eigenvalue weighted by molar-refractivity contribution is 0.0661. The van der Waals surface area contributed by atoms with Crippen LogP contribution < -0.4 is 0 Å². The van der Waals surface area contributed by atoms with E-state index in [1.54, 1.807) is 12.0 Å². The lowest BCUT2D eigenvalue weighted by Crippen LogP contribution is -2.37. The van der Waals surface area contributed by atoms with Crippen LogP contribution in [0.2, 0.25) is 0 Å². The zero-order valence-corrected chi connectivity index (χ0v) is 9.93. The Morgan fingerprint density at radius 3 is 2.88 bits per heavy atom. The van der Waals surface area contributed by atoms with Gasteiger partial charge in [0.05, 0.1) is 6.61 Å². The fourth-order valence-electron chi connectivity index (χ4n) is 1.38. The Hall–Kier alpha value is -1.43. The van der Waals surface area contributed by atoms with Gasteiger partial charge in [0, 0.05) is 20.2 Å². The molecule has 6 nitrogen and oxygen atoms in total. The molecule has 1 aromatic heterocycles. The van der Waals surface area contributed by atoms with Crippen LogP contribution in [0.25, 0.3) is 0 Å². The van der Waals surface area contributed by atoms with Gasteiger partial charge in [0.2, 0.25) is 5.82 Å². The topological polar surface area (TPSA) is 71.1 Å². The molecule has 0 saturated heterocycles. The summed E-state index contributed by atoms with van der Waals surface area (Å²) in [5.41, 5.74) is 0. The maximum Gasteiger partial charge on any atom is 0.291 e. The summed E-state index contributed by atoms with van der Waals surface area (Å²) in [4.78, 5) is 17.6. The first kappa shape index (κ1) is 12.6. The first-order valence-electron chi connectivity index (χ1n) is 5.28. The molecule has 0 atom stereocenters. The molecule has 1 aromatic rings. The average molecular weight is 226 g/mol. The molecule has 0 unspecified atom stereocenters. The lowest BCUT2D eigenvalue weighted by atomic mass is 10.2. The molecular formula is C10H18N4O2. The van der Waals surface area contributed by atoms with Gasteiger partial charge >= 0.3 is 0 Å². The van der Waals surface area contributed by atoms with Gasteiger partial charge in [-0.2, -0.15) is 5.10 Å². The zero-order chi connectivity index (χ0) is 12.0. The summed E-state index contributed by atoms with van der Waals surface area (Å²) < 4.78 is 4.98. The summed E-state index contributed by atoms with van der Waals surface area (Å²) in [5.74, 6) is 0.545. The van der Waals surface area contributed by atoms with Crippen LogP contribution >= 0.6 is 0 Å². The van der Waals surface area contributed by atoms with E-state index in [1.165, 1.54) is 6.33 Å². The molecule has 0 aliphatic rings. The Bertz CT molecular complexity index is 311. The normalized spacial score (nSPS) is 10.8. The first-order chi connectivity index (χ1) is 7.65. The van der Waals surface area contributed by atoms with E-state index >= 15 is 0 Å². The second-order valence-corrected chi connectivity index (χ2v) is 3.97. The number of carbonyl (C=O) groups is 1. The number of nitrogens with zero attached hydrogens (tertiary/aromatic N) is 3. The van der Waals surface area contributed by atoms with Crippen molar-refractivity contribution in [3.63, 3.8) is 0 Å². The van der Waals surface area contributed by atoms with Crippen molar-refractivity contribution in [1.82, 2.24) is 20.1 Å². The quantitative estimate of drug-likeness (QED) is 0.769. The summed E-state index contributed by atoms with van der Waals surface area (Å²) in [6.45, 7) is 5.89. The molecule has 1 rings (SSSR count). The summed E-state index contributed by atoms with van der Waals surface area (Å²) in [6.07, 6.45) is 1.33. The van der Waals surface area contributed by atoms with Gasteiger partial charge in [0.15, 0.2) is 0 Å². The second kappa shape index (κ2) is 6.22. The molecule has 1 amide bonds. The molecule has 0 bridgehead atoms. The van der Waals surface area contributed by atoms with Crippen molar-refractivity contribution < 1.29 is 9.53 Å². The highest BCUT2D eigenvalue weighted by molar-refractivity contribution is 5.90. The van der Waals surface area contributed by atoms with Crippen molar-refractivity contribution in [1.29, 1.82) is 0 Å². The number of nitrogens with one attached hydrogen (secondary N) is 1. The van der Waals surface area contributed by atoms with Crippen LogP contribution in [0.4, 0.5) is 0 Å². The van der Waals surface area contributed by atoms with Crippen LogP contribution in [0, 0.1) is 5.92 Å². The van der Waals surface area contributed by atoms with E-state index in [-0.39, 0.29) is 11.7 Å². The predicted molar refractivity (Wildman–Crippen MR) is 59.0 cm³/mol. The minimum absolute atomic E-state index is 0.136. The minimum Gasteiger partial charge on any atom is -0.383 e. The Balaban J connectivity index is 2.64. The molecule has 1 N–H and O–H groups in total. The van der Waals surface area contributed by atoms with Crippen LogP contribution in [0.1, 0.15) is 24.5 Å². The number of hydrogen-bond acceptors (Lipinski definition) is 4. The molecule has 0 fully saturated rings. The van der Waals surface area contributed by atoms with Gasteiger partial charge in [-0.05, 0) is 5.92 Å². The summed E-state index contributed by atoms with van der Waals surface area (Å²) in [7, 11) is 1.62. The molecule has 0 radical (unpaired) electrons. The molecule has 6 heteroatoms. The number of ether oxygens (including phenoxy) is 1. The molecule has 0 aliphatic heterocycles. The molecule has 16 heavy (non-hydrogen) atoms. The number of hydrogen-bond donors (Lipinski definition) is 1. The molecule has 0 saturated carbocycles. The number of rotatable bonds is 6. The zero-order valence-electron chi connectivity index (χ0n) is 9.93. The third kappa shape index (κ3) is 3.62. The first-order valence-corrected chi connectivity index (χ1v) is 5.28. The van der Waals surface area contributed by atoms with Gasteiger partial charge < -0.3 is 9.64 Å². The van der Waals surface area contributed by atoms with Crippen LogP contribution in [0.5, 0.6) is 0 Å². The minimum atomic E-state index is -0.136. The highest BCUT2D eigenvalue weighted by atomic mass is 16.5. The third-order valence-electron chi connectivity index (χ3n) is 2.06. The number of amides is 1. The Labute approximate surface area is 95.0 Å². The van der Waals surface area contributed by atoms with Crippen molar-refractivity contribution >= 4 is 5.91 Å². The van der Waals surface area contributed by atoms with Gasteiger partial charge in [-0.1, -0.05) is 13.8 Å². The van der Waals surface area contributed by atoms with E-state index < -0.39 is 0 Å². The fourth-order valence-corrected chi connectivity index (χ4v) is 1.38. The summed E-state index contributed by atoms with van der Waals surface area (Å²) in [6, 6.07) is 0. The average Bonchev–Trinajstić information content (AvgIpc) is 2.76. The maximum atomic E-state index is 12.0. The Kier molecular flexibility index (Phi) is 4.91. The molecule has 90 valence electrons. The molecule has 0 spiro atoms. The number of aromatic amines is 1. The van der Waals surface area contributed by atoms with Gasteiger partial charge in [0.1, 0.15) is 6.33 Å². The van der Waals surface area contributed by atoms with Crippen molar-refractivity contribution in [2.24, 2.45) is 5.92 Å². The van der Waals surface area contributed by atoms with Crippen LogP contribution in [0.3, 0.4) is 0 Å². The van der Waals surface area contributed by atoms with E-state index in [1.807, 2.05) is 0 Å². The SMILES string of the molecule is COCCN(CC(C)C)C(=O)c1ncn[nH]1. The second-order valence-electron chi connectivity index (χ2n) is 3.97. The Morgan fingerprint density at radius 1 is 1.62 bits per heavy atom.